The molecule has 0 radical (unpaired) electrons. The number of hydrogen-bond acceptors (Lipinski definition) is 6. The lowest BCUT2D eigenvalue weighted by Gasteiger charge is -2.13. The van der Waals surface area contributed by atoms with Crippen molar-refractivity contribution in [1.82, 2.24) is 19.7 Å². The second-order valence-corrected chi connectivity index (χ2v) is 7.93. The number of ether oxygens (including phenoxy) is 1. The van der Waals surface area contributed by atoms with Gasteiger partial charge in [-0.25, -0.2) is 9.97 Å². The molecule has 1 aliphatic heterocycles. The minimum absolute atomic E-state index is 0.201. The molecule has 35 heavy (non-hydrogen) atoms. The summed E-state index contributed by atoms with van der Waals surface area (Å²) in [4.78, 5) is 37.6. The number of amides is 2. The number of hydrogen-bond donors (Lipinski definition) is 2. The van der Waals surface area contributed by atoms with Crippen molar-refractivity contribution in [2.45, 2.75) is 13.5 Å². The lowest BCUT2D eigenvalue weighted by Crippen LogP contribution is -2.23. The van der Waals surface area contributed by atoms with E-state index in [9.17, 15) is 9.59 Å². The lowest BCUT2D eigenvalue weighted by atomic mass is 10.1. The fraction of sp³-hybridized carbons (Fsp3) is 0.115. The van der Waals surface area contributed by atoms with Crippen LogP contribution in [0.3, 0.4) is 0 Å². The van der Waals surface area contributed by atoms with Crippen molar-refractivity contribution in [1.29, 1.82) is 0 Å². The number of nitrogens with one attached hydrogen (secondary N) is 2. The predicted octanol–water partition coefficient (Wildman–Crippen LogP) is 3.71. The smallest absolute Gasteiger partial charge is 0.258 e. The van der Waals surface area contributed by atoms with Gasteiger partial charge in [-0.2, -0.15) is 0 Å². The van der Waals surface area contributed by atoms with E-state index in [4.69, 9.17) is 4.74 Å². The van der Waals surface area contributed by atoms with E-state index in [0.29, 0.717) is 47.1 Å². The van der Waals surface area contributed by atoms with Crippen molar-refractivity contribution in [3.63, 3.8) is 0 Å². The first-order valence-electron chi connectivity index (χ1n) is 11.0. The Morgan fingerprint density at radius 3 is 2.86 bits per heavy atom. The summed E-state index contributed by atoms with van der Waals surface area (Å²) in [6, 6.07) is 12.5. The third kappa shape index (κ3) is 4.93. The van der Waals surface area contributed by atoms with E-state index in [-0.39, 0.29) is 11.8 Å². The van der Waals surface area contributed by atoms with Crippen LogP contribution in [0.25, 0.3) is 5.65 Å². The van der Waals surface area contributed by atoms with Crippen molar-refractivity contribution in [3.8, 4) is 11.5 Å². The highest BCUT2D eigenvalue weighted by molar-refractivity contribution is 6.18. The lowest BCUT2D eigenvalue weighted by molar-refractivity contribution is -0.112. The molecule has 9 heteroatoms. The van der Waals surface area contributed by atoms with Gasteiger partial charge in [-0.3, -0.25) is 14.6 Å². The molecular weight excluding hydrogens is 444 g/mol. The molecule has 5 rings (SSSR count). The van der Waals surface area contributed by atoms with Gasteiger partial charge in [0.05, 0.1) is 12.1 Å². The Bertz CT molecular complexity index is 1490. The molecule has 2 amide bonds. The Hall–Kier alpha value is -4.79. The largest absolute Gasteiger partial charge is 0.457 e. The molecular formula is C26H22N6O3. The first kappa shape index (κ1) is 22.0. The van der Waals surface area contributed by atoms with Crippen LogP contribution in [-0.4, -0.2) is 38.9 Å². The first-order chi connectivity index (χ1) is 17.1. The molecule has 0 saturated heterocycles. The SMILES string of the molecule is Cc1c(Oc2ccnc(NC(=O)C3=CCN=C3)c2)cccc1C(=O)NCc1ccc2nccn2c1. The third-order valence-corrected chi connectivity index (χ3v) is 5.54. The number of benzene rings is 1. The second kappa shape index (κ2) is 9.60. The van der Waals surface area contributed by atoms with Crippen LogP contribution in [0.5, 0.6) is 11.5 Å². The first-order valence-corrected chi connectivity index (χ1v) is 11.0. The van der Waals surface area contributed by atoms with Crippen molar-refractivity contribution in [2.75, 3.05) is 11.9 Å². The minimum atomic E-state index is -0.280. The van der Waals surface area contributed by atoms with Gasteiger partial charge in [-0.05, 0) is 42.8 Å². The van der Waals surface area contributed by atoms with Gasteiger partial charge in [0.2, 0.25) is 0 Å². The average molecular weight is 467 g/mol. The summed E-state index contributed by atoms with van der Waals surface area (Å²) in [5, 5.41) is 5.70. The summed E-state index contributed by atoms with van der Waals surface area (Å²) < 4.78 is 7.93. The zero-order chi connectivity index (χ0) is 24.2. The molecule has 0 aliphatic carbocycles. The number of rotatable bonds is 7. The number of nitrogens with zero attached hydrogens (tertiary/aromatic N) is 4. The summed E-state index contributed by atoms with van der Waals surface area (Å²) in [6.45, 7) is 2.71. The molecule has 0 unspecified atom stereocenters. The molecule has 0 bridgehead atoms. The fourth-order valence-corrected chi connectivity index (χ4v) is 3.68. The molecule has 9 nitrogen and oxygen atoms in total. The molecule has 0 fully saturated rings. The molecule has 1 aliphatic rings. The Kier molecular flexibility index (Phi) is 6.04. The van der Waals surface area contributed by atoms with E-state index in [0.717, 1.165) is 11.2 Å². The molecule has 3 aromatic heterocycles. The molecule has 0 saturated carbocycles. The Balaban J connectivity index is 1.26. The van der Waals surface area contributed by atoms with Crippen LogP contribution in [0.2, 0.25) is 0 Å². The number of pyridine rings is 2. The van der Waals surface area contributed by atoms with E-state index in [1.807, 2.05) is 35.9 Å². The number of aliphatic imine (C=N–C) groups is 1. The highest BCUT2D eigenvalue weighted by Crippen LogP contribution is 2.28. The number of imidazole rings is 1. The molecule has 1 aromatic carbocycles. The van der Waals surface area contributed by atoms with Crippen molar-refractivity contribution in [3.05, 3.63) is 95.6 Å². The number of carbonyl (C=O) groups is 2. The molecule has 0 spiro atoms. The third-order valence-electron chi connectivity index (χ3n) is 5.54. The van der Waals surface area contributed by atoms with Crippen LogP contribution in [-0.2, 0) is 11.3 Å². The average Bonchev–Trinajstić information content (AvgIpc) is 3.56. The molecule has 4 aromatic rings. The molecule has 4 heterocycles. The van der Waals surface area contributed by atoms with Crippen molar-refractivity contribution in [2.24, 2.45) is 4.99 Å². The maximum Gasteiger partial charge on any atom is 0.258 e. The number of fused-ring (bicyclic) bond motifs is 1. The summed E-state index contributed by atoms with van der Waals surface area (Å²) in [5.74, 6) is 0.895. The number of aromatic nitrogens is 3. The Morgan fingerprint density at radius 2 is 2.00 bits per heavy atom. The zero-order valence-corrected chi connectivity index (χ0v) is 18.9. The number of carbonyl (C=O) groups excluding carboxylic acids is 2. The normalized spacial score (nSPS) is 12.4. The predicted molar refractivity (Wildman–Crippen MR) is 132 cm³/mol. The Labute approximate surface area is 201 Å². The quantitative estimate of drug-likeness (QED) is 0.432. The summed E-state index contributed by atoms with van der Waals surface area (Å²) in [5.41, 5.74) is 3.52. The van der Waals surface area contributed by atoms with E-state index in [2.05, 4.69) is 25.6 Å². The van der Waals surface area contributed by atoms with Gasteiger partial charge < -0.3 is 19.8 Å². The van der Waals surface area contributed by atoms with Gasteiger partial charge in [0, 0.05) is 54.7 Å². The maximum absolute atomic E-state index is 12.9. The van der Waals surface area contributed by atoms with Gasteiger partial charge in [-0.1, -0.05) is 12.1 Å². The van der Waals surface area contributed by atoms with Crippen molar-refractivity contribution < 1.29 is 14.3 Å². The fourth-order valence-electron chi connectivity index (χ4n) is 3.68. The van der Waals surface area contributed by atoms with E-state index < -0.39 is 0 Å². The Morgan fingerprint density at radius 1 is 1.09 bits per heavy atom. The van der Waals surface area contributed by atoms with E-state index >= 15 is 0 Å². The highest BCUT2D eigenvalue weighted by Gasteiger charge is 2.15. The highest BCUT2D eigenvalue weighted by atomic mass is 16.5. The monoisotopic (exact) mass is 466 g/mol. The van der Waals surface area contributed by atoms with Gasteiger partial charge >= 0.3 is 0 Å². The minimum Gasteiger partial charge on any atom is -0.457 e. The van der Waals surface area contributed by atoms with Crippen LogP contribution < -0.4 is 15.4 Å². The molecule has 174 valence electrons. The summed E-state index contributed by atoms with van der Waals surface area (Å²) in [6.07, 6.45) is 10.4. The van der Waals surface area contributed by atoms with Crippen LogP contribution >= 0.6 is 0 Å². The number of anilines is 1. The molecule has 2 N–H and O–H groups in total. The van der Waals surface area contributed by atoms with Gasteiger partial charge in [0.15, 0.2) is 0 Å². The van der Waals surface area contributed by atoms with Gasteiger partial charge in [-0.15, -0.1) is 0 Å². The zero-order valence-electron chi connectivity index (χ0n) is 18.9. The maximum atomic E-state index is 12.9. The van der Waals surface area contributed by atoms with Gasteiger partial charge in [0.25, 0.3) is 11.8 Å². The van der Waals surface area contributed by atoms with Crippen LogP contribution in [0.1, 0.15) is 21.5 Å². The second-order valence-electron chi connectivity index (χ2n) is 7.93. The van der Waals surface area contributed by atoms with Gasteiger partial charge in [0.1, 0.15) is 23.0 Å². The summed E-state index contributed by atoms with van der Waals surface area (Å²) >= 11 is 0. The van der Waals surface area contributed by atoms with Crippen LogP contribution in [0.15, 0.2) is 83.9 Å². The van der Waals surface area contributed by atoms with E-state index in [1.165, 1.54) is 6.21 Å². The molecule has 0 atom stereocenters. The van der Waals surface area contributed by atoms with Crippen LogP contribution in [0.4, 0.5) is 5.82 Å². The van der Waals surface area contributed by atoms with E-state index in [1.54, 1.807) is 48.8 Å². The van der Waals surface area contributed by atoms with Crippen LogP contribution in [0, 0.1) is 6.92 Å². The standard InChI is InChI=1S/C26H22N6O3/c1-17-21(26(34)30-14-18-5-6-24-29-11-12-32(24)16-18)3-2-4-22(17)35-20-8-10-28-23(13-20)31-25(33)19-7-9-27-15-19/h2-8,10-13,15-16H,9,14H2,1H3,(H,30,34)(H,28,31,33). The van der Waals surface area contributed by atoms with Crippen molar-refractivity contribution >= 4 is 29.5 Å². The topological polar surface area (TPSA) is 110 Å². The summed E-state index contributed by atoms with van der Waals surface area (Å²) in [7, 11) is 0.